The maximum Gasteiger partial charge on any atom is 0.166 e. The van der Waals surface area contributed by atoms with E-state index in [1.54, 1.807) is 18.2 Å². The van der Waals surface area contributed by atoms with Crippen molar-refractivity contribution < 1.29 is 13.5 Å². The van der Waals surface area contributed by atoms with Gasteiger partial charge in [0.15, 0.2) is 11.6 Å². The average molecular weight is 413 g/mol. The van der Waals surface area contributed by atoms with Crippen LogP contribution in [0.5, 0.6) is 0 Å². The fourth-order valence-electron chi connectivity index (χ4n) is 3.36. The van der Waals surface area contributed by atoms with Crippen molar-refractivity contribution in [3.05, 3.63) is 77.9 Å². The van der Waals surface area contributed by atoms with Gasteiger partial charge in [0.05, 0.1) is 6.10 Å². The third-order valence-electron chi connectivity index (χ3n) is 5.19. The van der Waals surface area contributed by atoms with Gasteiger partial charge in [-0.15, -0.1) is 6.58 Å². The highest BCUT2D eigenvalue weighted by Gasteiger charge is 2.13. The highest BCUT2D eigenvalue weighted by Crippen LogP contribution is 2.27. The molecule has 0 amide bonds. The number of allylic oxidation sites excluding steroid dienone is 2. The molecule has 0 saturated carbocycles. The molecule has 0 heterocycles. The van der Waals surface area contributed by atoms with Gasteiger partial charge in [0.2, 0.25) is 0 Å². The minimum atomic E-state index is -0.802. The molecule has 1 nitrogen and oxygen atoms in total. The predicted octanol–water partition coefficient (Wildman–Crippen LogP) is 8.14. The lowest BCUT2D eigenvalue weighted by molar-refractivity contribution is 0.0566. The van der Waals surface area contributed by atoms with E-state index in [2.05, 4.69) is 32.6 Å². The molecular weight excluding hydrogens is 378 g/mol. The lowest BCUT2D eigenvalue weighted by Gasteiger charge is -2.12. The van der Waals surface area contributed by atoms with E-state index in [1.807, 2.05) is 24.3 Å². The summed E-state index contributed by atoms with van der Waals surface area (Å²) in [5.74, 6) is -1.59. The van der Waals surface area contributed by atoms with E-state index in [9.17, 15) is 8.78 Å². The Morgan fingerprint density at radius 3 is 2.47 bits per heavy atom. The number of hydrogen-bond donors (Lipinski definition) is 0. The van der Waals surface area contributed by atoms with E-state index in [-0.39, 0.29) is 5.56 Å². The number of hydrogen-bond acceptors (Lipinski definition) is 1. The van der Waals surface area contributed by atoms with Gasteiger partial charge in [-0.05, 0) is 55.7 Å². The molecule has 0 saturated heterocycles. The summed E-state index contributed by atoms with van der Waals surface area (Å²) in [4.78, 5) is 0. The number of unbranched alkanes of at least 4 members (excludes halogenated alkanes) is 3. The Labute approximate surface area is 180 Å². The van der Waals surface area contributed by atoms with Gasteiger partial charge in [0.1, 0.15) is 0 Å². The Kier molecular flexibility index (Phi) is 10.5. The van der Waals surface area contributed by atoms with Crippen LogP contribution >= 0.6 is 0 Å². The molecule has 2 aromatic rings. The second-order valence-electron chi connectivity index (χ2n) is 7.74. The van der Waals surface area contributed by atoms with Gasteiger partial charge in [-0.25, -0.2) is 8.78 Å². The fourth-order valence-corrected chi connectivity index (χ4v) is 3.36. The summed E-state index contributed by atoms with van der Waals surface area (Å²) in [5, 5.41) is 0. The molecule has 0 aliphatic carbocycles. The van der Waals surface area contributed by atoms with Crippen molar-refractivity contribution in [1.29, 1.82) is 0 Å². The van der Waals surface area contributed by atoms with Gasteiger partial charge in [0.25, 0.3) is 0 Å². The standard InChI is InChI=1S/C27H34F2O/c1-4-6-10-20-30-21(3)12-8-7-9-13-22-14-16-23(17-15-22)25-19-18-24(11-5-2)26(28)27(25)29/h5,9,13-19,21H,2,4,6-8,10-12,20H2,1,3H3. The zero-order valence-electron chi connectivity index (χ0n) is 18.3. The van der Waals surface area contributed by atoms with E-state index < -0.39 is 11.6 Å². The molecule has 30 heavy (non-hydrogen) atoms. The van der Waals surface area contributed by atoms with Crippen LogP contribution in [0.1, 0.15) is 63.5 Å². The zero-order chi connectivity index (χ0) is 21.8. The van der Waals surface area contributed by atoms with Crippen LogP contribution in [0.15, 0.2) is 55.1 Å². The molecule has 3 heteroatoms. The van der Waals surface area contributed by atoms with Gasteiger partial charge in [-0.1, -0.05) is 74.4 Å². The fraction of sp³-hybridized carbons (Fsp3) is 0.407. The maximum absolute atomic E-state index is 14.4. The molecule has 0 bridgehead atoms. The summed E-state index contributed by atoms with van der Waals surface area (Å²) in [7, 11) is 0. The zero-order valence-corrected chi connectivity index (χ0v) is 18.3. The number of halogens is 2. The summed E-state index contributed by atoms with van der Waals surface area (Å²) in [6.07, 6.45) is 13.2. The first-order valence-electron chi connectivity index (χ1n) is 11.0. The van der Waals surface area contributed by atoms with Crippen LogP contribution in [0.25, 0.3) is 17.2 Å². The molecule has 0 radical (unpaired) electrons. The van der Waals surface area contributed by atoms with Crippen LogP contribution in [0.4, 0.5) is 8.78 Å². The molecule has 1 atom stereocenters. The van der Waals surface area contributed by atoms with Gasteiger partial charge >= 0.3 is 0 Å². The highest BCUT2D eigenvalue weighted by atomic mass is 19.2. The van der Waals surface area contributed by atoms with E-state index in [4.69, 9.17) is 4.74 Å². The van der Waals surface area contributed by atoms with Gasteiger partial charge in [-0.2, -0.15) is 0 Å². The molecule has 0 aliphatic rings. The molecule has 2 rings (SSSR count). The first-order chi connectivity index (χ1) is 14.6. The second kappa shape index (κ2) is 13.1. The van der Waals surface area contributed by atoms with E-state index in [1.165, 1.54) is 12.8 Å². The molecule has 0 N–H and O–H groups in total. The Morgan fingerprint density at radius 1 is 1.00 bits per heavy atom. The molecule has 0 aliphatic heterocycles. The van der Waals surface area contributed by atoms with Crippen LogP contribution in [0.3, 0.4) is 0 Å². The van der Waals surface area contributed by atoms with Crippen molar-refractivity contribution in [2.45, 2.75) is 64.9 Å². The number of benzene rings is 2. The average Bonchev–Trinajstić information content (AvgIpc) is 2.75. The minimum Gasteiger partial charge on any atom is -0.379 e. The van der Waals surface area contributed by atoms with Crippen LogP contribution in [-0.4, -0.2) is 12.7 Å². The summed E-state index contributed by atoms with van der Waals surface area (Å²) < 4.78 is 34.4. The number of rotatable bonds is 13. The smallest absolute Gasteiger partial charge is 0.166 e. The first-order valence-corrected chi connectivity index (χ1v) is 11.0. The third kappa shape index (κ3) is 7.53. The molecule has 0 aromatic heterocycles. The summed E-state index contributed by atoms with van der Waals surface area (Å²) in [6.45, 7) is 8.77. The highest BCUT2D eigenvalue weighted by molar-refractivity contribution is 5.67. The number of ether oxygens (including phenoxy) is 1. The topological polar surface area (TPSA) is 9.23 Å². The molecule has 2 aromatic carbocycles. The summed E-state index contributed by atoms with van der Waals surface area (Å²) in [5.41, 5.74) is 2.32. The van der Waals surface area contributed by atoms with E-state index >= 15 is 0 Å². The first kappa shape index (κ1) is 24.0. The lowest BCUT2D eigenvalue weighted by Crippen LogP contribution is -2.08. The molecule has 1 unspecified atom stereocenters. The summed E-state index contributed by atoms with van der Waals surface area (Å²) >= 11 is 0. The van der Waals surface area contributed by atoms with Crippen LogP contribution in [-0.2, 0) is 11.2 Å². The SMILES string of the molecule is C=CCc1ccc(-c2ccc(C=CCCCC(C)OCCCCC)cc2)c(F)c1F. The van der Waals surface area contributed by atoms with E-state index in [0.29, 0.717) is 23.7 Å². The van der Waals surface area contributed by atoms with Gasteiger partial charge in [-0.3, -0.25) is 0 Å². The Balaban J connectivity index is 1.83. The molecular formula is C27H34F2O. The molecule has 162 valence electrons. The van der Waals surface area contributed by atoms with Crippen molar-refractivity contribution in [2.24, 2.45) is 0 Å². The van der Waals surface area contributed by atoms with Gasteiger partial charge < -0.3 is 4.74 Å². The van der Waals surface area contributed by atoms with Crippen molar-refractivity contribution in [2.75, 3.05) is 6.61 Å². The lowest BCUT2D eigenvalue weighted by atomic mass is 10.00. The van der Waals surface area contributed by atoms with Crippen LogP contribution < -0.4 is 0 Å². The van der Waals surface area contributed by atoms with Crippen LogP contribution in [0.2, 0.25) is 0 Å². The largest absolute Gasteiger partial charge is 0.379 e. The Hall–Kier alpha value is -2.26. The van der Waals surface area contributed by atoms with Gasteiger partial charge in [0, 0.05) is 12.2 Å². The van der Waals surface area contributed by atoms with Crippen molar-refractivity contribution in [1.82, 2.24) is 0 Å². The third-order valence-corrected chi connectivity index (χ3v) is 5.19. The predicted molar refractivity (Wildman–Crippen MR) is 124 cm³/mol. The Bertz CT molecular complexity index is 808. The normalized spacial score (nSPS) is 12.4. The molecule has 0 fully saturated rings. The Morgan fingerprint density at radius 2 is 1.77 bits per heavy atom. The van der Waals surface area contributed by atoms with Crippen molar-refractivity contribution in [3.8, 4) is 11.1 Å². The molecule has 0 spiro atoms. The van der Waals surface area contributed by atoms with Crippen molar-refractivity contribution in [3.63, 3.8) is 0 Å². The van der Waals surface area contributed by atoms with Crippen LogP contribution in [0, 0.1) is 11.6 Å². The second-order valence-corrected chi connectivity index (χ2v) is 7.74. The maximum atomic E-state index is 14.4. The van der Waals surface area contributed by atoms with E-state index in [0.717, 1.165) is 37.9 Å². The quantitative estimate of drug-likeness (QED) is 0.238. The monoisotopic (exact) mass is 412 g/mol. The minimum absolute atomic E-state index is 0.281. The summed E-state index contributed by atoms with van der Waals surface area (Å²) in [6, 6.07) is 10.8. The van der Waals surface area contributed by atoms with Crippen molar-refractivity contribution >= 4 is 6.08 Å².